The highest BCUT2D eigenvalue weighted by Crippen LogP contribution is 2.46. The van der Waals surface area contributed by atoms with Crippen LogP contribution in [-0.4, -0.2) is 9.55 Å². The van der Waals surface area contributed by atoms with Gasteiger partial charge in [0.05, 0.1) is 11.0 Å². The summed E-state index contributed by atoms with van der Waals surface area (Å²) in [6.07, 6.45) is 0.834. The third-order valence-electron chi connectivity index (χ3n) is 11.7. The highest BCUT2D eigenvalue weighted by molar-refractivity contribution is 5.94. The largest absolute Gasteiger partial charge is 0.292 e. The predicted molar refractivity (Wildman–Crippen MR) is 242 cm³/mol. The van der Waals surface area contributed by atoms with Gasteiger partial charge in [-0.3, -0.25) is 4.57 Å². The molecule has 1 aliphatic rings. The number of rotatable bonds is 6. The normalized spacial score (nSPS) is 11.7. The lowest BCUT2D eigenvalue weighted by Gasteiger charge is -2.17. The van der Waals surface area contributed by atoms with Gasteiger partial charge in [0.1, 0.15) is 5.82 Å². The number of benzene rings is 9. The fourth-order valence-corrected chi connectivity index (χ4v) is 8.85. The molecule has 0 bridgehead atoms. The minimum absolute atomic E-state index is 0.834. The average molecular weight is 739 g/mol. The van der Waals surface area contributed by atoms with Crippen LogP contribution in [0.1, 0.15) is 11.1 Å². The van der Waals surface area contributed by atoms with Crippen molar-refractivity contribution in [1.29, 1.82) is 0 Å². The molecule has 0 unspecified atom stereocenters. The van der Waals surface area contributed by atoms with Gasteiger partial charge >= 0.3 is 0 Å². The molecule has 9 aromatic carbocycles. The quantitative estimate of drug-likeness (QED) is 0.166. The van der Waals surface area contributed by atoms with E-state index in [0.717, 1.165) is 34.5 Å². The number of imidazole rings is 1. The van der Waals surface area contributed by atoms with Gasteiger partial charge in [-0.05, 0) is 133 Å². The molecule has 0 saturated carbocycles. The molecule has 2 heteroatoms. The van der Waals surface area contributed by atoms with Gasteiger partial charge in [-0.1, -0.05) is 170 Å². The SMILES string of the molecule is c1ccc(-c2cc(-c3ccccc3)cc(-c3cccc4c3Cc3ccc(-c5ccc(-c6nc7ccccc7n6-c6ccccc6)cc5)cc3-c3ccccc3-4)c2)cc1. The lowest BCUT2D eigenvalue weighted by atomic mass is 9.87. The van der Waals surface area contributed by atoms with Gasteiger partial charge in [0, 0.05) is 11.3 Å². The molecular weight excluding hydrogens is 701 g/mol. The zero-order valence-electron chi connectivity index (χ0n) is 31.9. The second-order valence-corrected chi connectivity index (χ2v) is 15.1. The molecule has 10 aromatic rings. The maximum Gasteiger partial charge on any atom is 0.145 e. The maximum absolute atomic E-state index is 5.11. The van der Waals surface area contributed by atoms with Crippen LogP contribution in [0.4, 0.5) is 0 Å². The number of para-hydroxylation sites is 3. The van der Waals surface area contributed by atoms with Gasteiger partial charge in [0.15, 0.2) is 0 Å². The van der Waals surface area contributed by atoms with Gasteiger partial charge in [-0.25, -0.2) is 4.98 Å². The van der Waals surface area contributed by atoms with Crippen LogP contribution in [0.25, 0.3) is 94.9 Å². The average Bonchev–Trinajstić information content (AvgIpc) is 3.63. The van der Waals surface area contributed by atoms with Crippen LogP contribution < -0.4 is 0 Å². The van der Waals surface area contributed by atoms with E-state index in [4.69, 9.17) is 4.98 Å². The molecule has 0 saturated heterocycles. The molecule has 0 fully saturated rings. The highest BCUT2D eigenvalue weighted by atomic mass is 15.1. The van der Waals surface area contributed by atoms with Crippen molar-refractivity contribution in [3.05, 3.63) is 230 Å². The Morgan fingerprint density at radius 3 is 1.55 bits per heavy atom. The first-order valence-corrected chi connectivity index (χ1v) is 20.0. The van der Waals surface area contributed by atoms with Crippen LogP contribution in [0.15, 0.2) is 218 Å². The van der Waals surface area contributed by atoms with E-state index in [-0.39, 0.29) is 0 Å². The molecule has 1 aliphatic carbocycles. The second kappa shape index (κ2) is 14.2. The number of hydrogen-bond acceptors (Lipinski definition) is 1. The van der Waals surface area contributed by atoms with Crippen LogP contribution in [-0.2, 0) is 6.42 Å². The van der Waals surface area contributed by atoms with Gasteiger partial charge in [0.25, 0.3) is 0 Å². The minimum Gasteiger partial charge on any atom is -0.292 e. The van der Waals surface area contributed by atoms with Crippen LogP contribution >= 0.6 is 0 Å². The predicted octanol–water partition coefficient (Wildman–Crippen LogP) is 14.6. The fourth-order valence-electron chi connectivity index (χ4n) is 8.85. The topological polar surface area (TPSA) is 17.8 Å². The molecule has 2 nitrogen and oxygen atoms in total. The van der Waals surface area contributed by atoms with Crippen LogP contribution in [0.2, 0.25) is 0 Å². The number of fused-ring (bicyclic) bond motifs is 6. The third-order valence-corrected chi connectivity index (χ3v) is 11.7. The summed E-state index contributed by atoms with van der Waals surface area (Å²) in [5, 5.41) is 0. The Labute approximate surface area is 339 Å². The van der Waals surface area contributed by atoms with Gasteiger partial charge in [-0.15, -0.1) is 0 Å². The summed E-state index contributed by atoms with van der Waals surface area (Å²) in [6, 6.07) is 79.2. The Morgan fingerprint density at radius 2 is 0.845 bits per heavy atom. The van der Waals surface area contributed by atoms with Crippen molar-refractivity contribution in [2.45, 2.75) is 6.42 Å². The smallest absolute Gasteiger partial charge is 0.145 e. The highest BCUT2D eigenvalue weighted by Gasteiger charge is 2.23. The van der Waals surface area contributed by atoms with Crippen molar-refractivity contribution in [2.24, 2.45) is 0 Å². The van der Waals surface area contributed by atoms with E-state index in [1.165, 1.54) is 77.9 Å². The van der Waals surface area contributed by atoms with Gasteiger partial charge in [-0.2, -0.15) is 0 Å². The molecule has 0 atom stereocenters. The summed E-state index contributed by atoms with van der Waals surface area (Å²) in [5.74, 6) is 0.938. The minimum atomic E-state index is 0.834. The summed E-state index contributed by atoms with van der Waals surface area (Å²) < 4.78 is 2.26. The fraction of sp³-hybridized carbons (Fsp3) is 0.0179. The molecule has 0 N–H and O–H groups in total. The molecule has 58 heavy (non-hydrogen) atoms. The summed E-state index contributed by atoms with van der Waals surface area (Å²) >= 11 is 0. The maximum atomic E-state index is 5.11. The Balaban J connectivity index is 1.01. The molecule has 11 rings (SSSR count). The standard InChI is InChI=1S/C56H38N2/c1-4-15-38(16-5-1)44-33-45(39-17-6-2-7-18-39)35-46(34-44)48-23-14-24-51-49-21-10-11-22-50(49)52-36-42(31-32-43(52)37-53(48)51)40-27-29-41(30-28-40)56-57-54-25-12-13-26-55(54)58(56)47-19-8-3-9-20-47/h1-36H,37H2. The molecule has 1 heterocycles. The molecule has 0 aliphatic heterocycles. The molecular formula is C56H38N2. The Bertz CT molecular complexity index is 3050. The van der Waals surface area contributed by atoms with Gasteiger partial charge in [0.2, 0.25) is 0 Å². The van der Waals surface area contributed by atoms with E-state index >= 15 is 0 Å². The van der Waals surface area contributed by atoms with E-state index in [0.29, 0.717) is 0 Å². The molecule has 272 valence electrons. The summed E-state index contributed by atoms with van der Waals surface area (Å²) in [5.41, 5.74) is 21.8. The summed E-state index contributed by atoms with van der Waals surface area (Å²) in [6.45, 7) is 0. The summed E-state index contributed by atoms with van der Waals surface area (Å²) in [7, 11) is 0. The van der Waals surface area contributed by atoms with Crippen molar-refractivity contribution in [3.8, 4) is 83.8 Å². The van der Waals surface area contributed by atoms with Crippen molar-refractivity contribution < 1.29 is 0 Å². The Kier molecular flexibility index (Phi) is 8.26. The van der Waals surface area contributed by atoms with Crippen molar-refractivity contribution in [1.82, 2.24) is 9.55 Å². The van der Waals surface area contributed by atoms with Crippen molar-refractivity contribution in [2.75, 3.05) is 0 Å². The zero-order valence-corrected chi connectivity index (χ0v) is 31.9. The monoisotopic (exact) mass is 738 g/mol. The lowest BCUT2D eigenvalue weighted by Crippen LogP contribution is -1.97. The van der Waals surface area contributed by atoms with Gasteiger partial charge < -0.3 is 0 Å². The van der Waals surface area contributed by atoms with Crippen LogP contribution in [0, 0.1) is 0 Å². The number of nitrogens with zero attached hydrogens (tertiary/aromatic N) is 2. The Morgan fingerprint density at radius 1 is 0.328 bits per heavy atom. The first-order valence-electron chi connectivity index (χ1n) is 20.0. The van der Waals surface area contributed by atoms with E-state index in [1.807, 2.05) is 0 Å². The van der Waals surface area contributed by atoms with Crippen LogP contribution in [0.3, 0.4) is 0 Å². The van der Waals surface area contributed by atoms with E-state index < -0.39 is 0 Å². The number of hydrogen-bond donors (Lipinski definition) is 0. The lowest BCUT2D eigenvalue weighted by molar-refractivity contribution is 1.10. The van der Waals surface area contributed by atoms with E-state index in [9.17, 15) is 0 Å². The molecule has 1 aromatic heterocycles. The number of aromatic nitrogens is 2. The Hall–Kier alpha value is -7.55. The van der Waals surface area contributed by atoms with E-state index in [2.05, 4.69) is 223 Å². The van der Waals surface area contributed by atoms with E-state index in [1.54, 1.807) is 0 Å². The first kappa shape index (κ1) is 33.8. The molecule has 0 radical (unpaired) electrons. The molecule has 0 amide bonds. The molecule has 0 spiro atoms. The van der Waals surface area contributed by atoms with Crippen molar-refractivity contribution in [3.63, 3.8) is 0 Å². The second-order valence-electron chi connectivity index (χ2n) is 15.1. The summed E-state index contributed by atoms with van der Waals surface area (Å²) in [4.78, 5) is 5.11. The van der Waals surface area contributed by atoms with Crippen molar-refractivity contribution >= 4 is 11.0 Å². The zero-order chi connectivity index (χ0) is 38.4. The third kappa shape index (κ3) is 5.95. The van der Waals surface area contributed by atoms with Crippen LogP contribution in [0.5, 0.6) is 0 Å². The first-order chi connectivity index (χ1) is 28.7.